The summed E-state index contributed by atoms with van der Waals surface area (Å²) in [5.74, 6) is 0.533. The summed E-state index contributed by atoms with van der Waals surface area (Å²) in [7, 11) is 0. The van der Waals surface area contributed by atoms with Crippen molar-refractivity contribution in [1.82, 2.24) is 0 Å². The van der Waals surface area contributed by atoms with Gasteiger partial charge < -0.3 is 4.74 Å². The van der Waals surface area contributed by atoms with Gasteiger partial charge in [-0.2, -0.15) is 0 Å². The summed E-state index contributed by atoms with van der Waals surface area (Å²) < 4.78 is 5.66. The molecule has 1 aliphatic heterocycles. The molecule has 1 heterocycles. The maximum Gasteiger partial charge on any atom is 0.271 e. The molecular weight excluding hydrogens is 452 g/mol. The summed E-state index contributed by atoms with van der Waals surface area (Å²) in [5.41, 5.74) is 4.71. The lowest BCUT2D eigenvalue weighted by Gasteiger charge is -2.16. The van der Waals surface area contributed by atoms with Gasteiger partial charge in [-0.25, -0.2) is 4.99 Å². The fourth-order valence-corrected chi connectivity index (χ4v) is 4.53. The monoisotopic (exact) mass is 476 g/mol. The topological polar surface area (TPSA) is 41.9 Å². The number of hydrogen-bond donors (Lipinski definition) is 0. The molecule has 0 bridgehead atoms. The zero-order valence-corrected chi connectivity index (χ0v) is 20.4. The van der Waals surface area contributed by atoms with E-state index in [0.717, 1.165) is 34.5 Å². The van der Waals surface area contributed by atoms with Crippen molar-refractivity contribution < 1.29 is 9.53 Å². The molecule has 6 heteroatoms. The maximum absolute atomic E-state index is 13.4. The average molecular weight is 477 g/mol. The second-order valence-corrected chi connectivity index (χ2v) is 9.27. The first kappa shape index (κ1) is 23.1. The molecule has 0 saturated carbocycles. The van der Waals surface area contributed by atoms with Gasteiger partial charge >= 0.3 is 0 Å². The SMILES string of the molecule is CCCOc1ccc(C=C2SC(=Nc3ccc(C)cc3)N(c3ccc(C)cc3)C2=O)cc1Cl. The van der Waals surface area contributed by atoms with E-state index in [4.69, 9.17) is 21.3 Å². The lowest BCUT2D eigenvalue weighted by atomic mass is 10.2. The van der Waals surface area contributed by atoms with E-state index in [2.05, 4.69) is 0 Å². The first-order valence-corrected chi connectivity index (χ1v) is 12.0. The molecule has 0 aliphatic carbocycles. The smallest absolute Gasteiger partial charge is 0.271 e. The van der Waals surface area contributed by atoms with Crippen LogP contribution in [0.15, 0.2) is 76.6 Å². The Bertz CT molecular complexity index is 1220. The summed E-state index contributed by atoms with van der Waals surface area (Å²) >= 11 is 7.75. The summed E-state index contributed by atoms with van der Waals surface area (Å²) in [4.78, 5) is 20.5. The Balaban J connectivity index is 1.70. The Morgan fingerprint density at radius 2 is 1.67 bits per heavy atom. The quantitative estimate of drug-likeness (QED) is 0.345. The van der Waals surface area contributed by atoms with Gasteiger partial charge in [-0.15, -0.1) is 0 Å². The Labute approximate surface area is 203 Å². The van der Waals surface area contributed by atoms with Gasteiger partial charge in [0.25, 0.3) is 5.91 Å². The number of ether oxygens (including phenoxy) is 1. The van der Waals surface area contributed by atoms with Crippen LogP contribution in [0.25, 0.3) is 6.08 Å². The molecule has 33 heavy (non-hydrogen) atoms. The molecule has 0 radical (unpaired) electrons. The zero-order chi connectivity index (χ0) is 23.4. The number of amidine groups is 1. The van der Waals surface area contributed by atoms with Crippen LogP contribution in [0.4, 0.5) is 11.4 Å². The molecule has 3 aromatic rings. The summed E-state index contributed by atoms with van der Waals surface area (Å²) in [6.45, 7) is 6.71. The number of carbonyl (C=O) groups is 1. The molecule has 4 rings (SSSR count). The molecule has 1 aliphatic rings. The number of hydrogen-bond acceptors (Lipinski definition) is 4. The number of nitrogens with zero attached hydrogens (tertiary/aromatic N) is 2. The average Bonchev–Trinajstić information content (AvgIpc) is 3.10. The highest BCUT2D eigenvalue weighted by molar-refractivity contribution is 8.19. The number of anilines is 1. The largest absolute Gasteiger partial charge is 0.492 e. The Kier molecular flexibility index (Phi) is 7.21. The second-order valence-electron chi connectivity index (χ2n) is 7.86. The molecule has 4 nitrogen and oxygen atoms in total. The third-order valence-electron chi connectivity index (χ3n) is 5.07. The highest BCUT2D eigenvalue weighted by Crippen LogP contribution is 2.38. The third kappa shape index (κ3) is 5.49. The van der Waals surface area contributed by atoms with Crippen molar-refractivity contribution in [2.75, 3.05) is 11.5 Å². The summed E-state index contributed by atoms with van der Waals surface area (Å²) in [6, 6.07) is 21.4. The normalized spacial score (nSPS) is 16.1. The molecule has 1 amide bonds. The number of rotatable bonds is 6. The van der Waals surface area contributed by atoms with Gasteiger partial charge in [0.05, 0.1) is 27.9 Å². The van der Waals surface area contributed by atoms with Crippen molar-refractivity contribution in [1.29, 1.82) is 0 Å². The van der Waals surface area contributed by atoms with Gasteiger partial charge in [-0.05, 0) is 80.1 Å². The zero-order valence-electron chi connectivity index (χ0n) is 18.8. The standard InChI is InChI=1S/C27H25ClN2O2S/c1-4-15-32-24-14-9-20(16-23(24)28)17-25-26(31)30(22-12-7-19(3)8-13-22)27(33-25)29-21-10-5-18(2)6-11-21/h5-14,16-17H,4,15H2,1-3H3. The van der Waals surface area contributed by atoms with Crippen molar-refractivity contribution in [3.05, 3.63) is 93.3 Å². The predicted octanol–water partition coefficient (Wildman–Crippen LogP) is 7.55. The van der Waals surface area contributed by atoms with Crippen LogP contribution in [0.5, 0.6) is 5.75 Å². The molecular formula is C27H25ClN2O2S. The molecule has 0 unspecified atom stereocenters. The summed E-state index contributed by atoms with van der Waals surface area (Å²) in [5, 5.41) is 1.14. The van der Waals surface area contributed by atoms with Crippen molar-refractivity contribution >= 4 is 51.9 Å². The molecule has 0 N–H and O–H groups in total. The van der Waals surface area contributed by atoms with Crippen molar-refractivity contribution in [2.24, 2.45) is 4.99 Å². The van der Waals surface area contributed by atoms with Crippen molar-refractivity contribution in [3.63, 3.8) is 0 Å². The van der Waals surface area contributed by atoms with Crippen LogP contribution < -0.4 is 9.64 Å². The second kappa shape index (κ2) is 10.3. The lowest BCUT2D eigenvalue weighted by Crippen LogP contribution is -2.28. The van der Waals surface area contributed by atoms with E-state index in [1.807, 2.05) is 93.6 Å². The van der Waals surface area contributed by atoms with Gasteiger partial charge in [0, 0.05) is 0 Å². The van der Waals surface area contributed by atoms with Crippen LogP contribution in [0.3, 0.4) is 0 Å². The fraction of sp³-hybridized carbons (Fsp3) is 0.185. The lowest BCUT2D eigenvalue weighted by molar-refractivity contribution is -0.113. The van der Waals surface area contributed by atoms with E-state index >= 15 is 0 Å². The molecule has 3 aromatic carbocycles. The van der Waals surface area contributed by atoms with E-state index in [1.165, 1.54) is 11.8 Å². The van der Waals surface area contributed by atoms with Crippen molar-refractivity contribution in [3.8, 4) is 5.75 Å². The number of aliphatic imine (C=N–C) groups is 1. The number of halogens is 1. The van der Waals surface area contributed by atoms with Crippen molar-refractivity contribution in [2.45, 2.75) is 27.2 Å². The number of amides is 1. The third-order valence-corrected chi connectivity index (χ3v) is 6.34. The van der Waals surface area contributed by atoms with E-state index < -0.39 is 0 Å². The van der Waals surface area contributed by atoms with Crippen LogP contribution in [-0.2, 0) is 4.79 Å². The number of aryl methyl sites for hydroxylation is 2. The van der Waals surface area contributed by atoms with Gasteiger partial charge in [-0.1, -0.05) is 60.0 Å². The van der Waals surface area contributed by atoms with Gasteiger partial charge in [-0.3, -0.25) is 9.69 Å². The molecule has 0 spiro atoms. The number of benzene rings is 3. The highest BCUT2D eigenvalue weighted by Gasteiger charge is 2.34. The Hall–Kier alpha value is -3.02. The Morgan fingerprint density at radius 3 is 2.30 bits per heavy atom. The minimum absolute atomic E-state index is 0.114. The van der Waals surface area contributed by atoms with Crippen LogP contribution in [0, 0.1) is 13.8 Å². The number of carbonyl (C=O) groups excluding carboxylic acids is 1. The Morgan fingerprint density at radius 1 is 1.00 bits per heavy atom. The fourth-order valence-electron chi connectivity index (χ4n) is 3.29. The van der Waals surface area contributed by atoms with Crippen LogP contribution in [-0.4, -0.2) is 17.7 Å². The predicted molar refractivity (Wildman–Crippen MR) is 140 cm³/mol. The van der Waals surface area contributed by atoms with Crippen LogP contribution in [0.1, 0.15) is 30.0 Å². The first-order chi connectivity index (χ1) is 15.9. The van der Waals surface area contributed by atoms with Gasteiger partial charge in [0.2, 0.25) is 0 Å². The highest BCUT2D eigenvalue weighted by atomic mass is 35.5. The minimum atomic E-state index is -0.114. The van der Waals surface area contributed by atoms with E-state index in [9.17, 15) is 4.79 Å². The first-order valence-electron chi connectivity index (χ1n) is 10.8. The molecule has 0 atom stereocenters. The molecule has 1 fully saturated rings. The van der Waals surface area contributed by atoms with Crippen LogP contribution in [0.2, 0.25) is 5.02 Å². The van der Waals surface area contributed by atoms with E-state index in [0.29, 0.717) is 27.5 Å². The summed E-state index contributed by atoms with van der Waals surface area (Å²) in [6.07, 6.45) is 2.76. The van der Waals surface area contributed by atoms with Crippen LogP contribution >= 0.6 is 23.4 Å². The number of thioether (sulfide) groups is 1. The van der Waals surface area contributed by atoms with E-state index in [1.54, 1.807) is 4.90 Å². The molecule has 168 valence electrons. The van der Waals surface area contributed by atoms with Gasteiger partial charge in [0.15, 0.2) is 5.17 Å². The molecule has 0 aromatic heterocycles. The van der Waals surface area contributed by atoms with E-state index in [-0.39, 0.29) is 5.91 Å². The van der Waals surface area contributed by atoms with Gasteiger partial charge in [0.1, 0.15) is 5.75 Å². The minimum Gasteiger partial charge on any atom is -0.492 e. The molecule has 1 saturated heterocycles. The maximum atomic E-state index is 13.4.